The van der Waals surface area contributed by atoms with Gasteiger partial charge in [-0.25, -0.2) is 14.4 Å². The Hall–Kier alpha value is -2.26. The third-order valence-corrected chi connectivity index (χ3v) is 5.28. The summed E-state index contributed by atoms with van der Waals surface area (Å²) >= 11 is 1.36. The molecule has 2 N–H and O–H groups in total. The Morgan fingerprint density at radius 3 is 2.28 bits per heavy atom. The number of ether oxygens (including phenoxy) is 3. The number of fused-ring (bicyclic) bond motifs is 1. The SMILES string of the molecule is CSC(=N)c1ccc2c(c1)CC[C@H]([C@](C)(ONC(=O)OC(C)(C)C)C(=O)OC(C)(C)C)O2. The van der Waals surface area contributed by atoms with Crippen LogP contribution in [-0.4, -0.2) is 46.3 Å². The van der Waals surface area contributed by atoms with Crippen LogP contribution >= 0.6 is 11.8 Å². The molecule has 1 aliphatic rings. The number of hydrogen-bond acceptors (Lipinski definition) is 8. The summed E-state index contributed by atoms with van der Waals surface area (Å²) in [6.45, 7) is 12.0. The van der Waals surface area contributed by atoms with Gasteiger partial charge in [0.05, 0.1) is 5.04 Å². The van der Waals surface area contributed by atoms with Gasteiger partial charge in [0.25, 0.3) is 0 Å². The maximum atomic E-state index is 13.1. The number of thioether (sulfide) groups is 1. The Morgan fingerprint density at radius 2 is 1.72 bits per heavy atom. The van der Waals surface area contributed by atoms with Crippen molar-refractivity contribution < 1.29 is 28.6 Å². The van der Waals surface area contributed by atoms with E-state index in [-0.39, 0.29) is 0 Å². The van der Waals surface area contributed by atoms with E-state index in [0.717, 1.165) is 11.1 Å². The number of rotatable bonds is 5. The van der Waals surface area contributed by atoms with E-state index in [1.807, 2.05) is 18.4 Å². The zero-order valence-electron chi connectivity index (χ0n) is 20.1. The molecular weight excluding hydrogens is 432 g/mol. The molecule has 0 radical (unpaired) electrons. The van der Waals surface area contributed by atoms with Gasteiger partial charge >= 0.3 is 12.1 Å². The predicted octanol–water partition coefficient (Wildman–Crippen LogP) is 4.63. The van der Waals surface area contributed by atoms with E-state index in [2.05, 4.69) is 5.48 Å². The van der Waals surface area contributed by atoms with E-state index in [1.54, 1.807) is 47.6 Å². The molecule has 8 nitrogen and oxygen atoms in total. The summed E-state index contributed by atoms with van der Waals surface area (Å²) in [5, 5.41) is 8.49. The maximum absolute atomic E-state index is 13.1. The molecule has 9 heteroatoms. The highest BCUT2D eigenvalue weighted by atomic mass is 32.2. The smallest absolute Gasteiger partial charge is 0.431 e. The maximum Gasteiger partial charge on any atom is 0.431 e. The molecule has 2 rings (SSSR count). The molecule has 1 aromatic rings. The first-order valence-electron chi connectivity index (χ1n) is 10.5. The molecule has 0 spiro atoms. The number of aryl methyl sites for hydroxylation is 1. The number of hydroxylamine groups is 1. The largest absolute Gasteiger partial charge is 0.486 e. The molecule has 0 saturated carbocycles. The van der Waals surface area contributed by atoms with Gasteiger partial charge in [-0.2, -0.15) is 5.48 Å². The minimum Gasteiger partial charge on any atom is -0.486 e. The lowest BCUT2D eigenvalue weighted by atomic mass is 9.90. The first-order valence-corrected chi connectivity index (χ1v) is 11.7. The van der Waals surface area contributed by atoms with Crippen molar-refractivity contribution in [2.24, 2.45) is 0 Å². The highest BCUT2D eigenvalue weighted by Crippen LogP contribution is 2.35. The molecule has 1 aromatic carbocycles. The van der Waals surface area contributed by atoms with Gasteiger partial charge in [-0.1, -0.05) is 0 Å². The molecule has 178 valence electrons. The van der Waals surface area contributed by atoms with Gasteiger partial charge in [0.1, 0.15) is 23.1 Å². The van der Waals surface area contributed by atoms with Crippen LogP contribution in [0.3, 0.4) is 0 Å². The summed E-state index contributed by atoms with van der Waals surface area (Å²) in [4.78, 5) is 30.9. The number of nitrogens with one attached hydrogen (secondary N) is 2. The van der Waals surface area contributed by atoms with Crippen LogP contribution in [0, 0.1) is 5.41 Å². The summed E-state index contributed by atoms with van der Waals surface area (Å²) < 4.78 is 16.9. The number of esters is 1. The molecular formula is C23H34N2O6S. The second kappa shape index (κ2) is 9.70. The summed E-state index contributed by atoms with van der Waals surface area (Å²) in [5.74, 6) is -0.0511. The molecule has 0 fully saturated rings. The van der Waals surface area contributed by atoms with E-state index < -0.39 is 35.0 Å². The van der Waals surface area contributed by atoms with Crippen LogP contribution in [0.4, 0.5) is 4.79 Å². The van der Waals surface area contributed by atoms with Crippen molar-refractivity contribution in [3.63, 3.8) is 0 Å². The second-order valence-corrected chi connectivity index (χ2v) is 10.6. The number of carbonyl (C=O) groups excluding carboxylic acids is 2. The van der Waals surface area contributed by atoms with Gasteiger partial charge in [-0.05, 0) is 91.3 Å². The summed E-state index contributed by atoms with van der Waals surface area (Å²) in [6.07, 6.45) is 1.39. The average Bonchev–Trinajstić information content (AvgIpc) is 2.68. The van der Waals surface area contributed by atoms with E-state index in [0.29, 0.717) is 23.6 Å². The molecule has 2 atom stereocenters. The second-order valence-electron chi connectivity index (χ2n) is 9.82. The van der Waals surface area contributed by atoms with Crippen molar-refractivity contribution in [2.45, 2.75) is 84.2 Å². The Bertz CT molecular complexity index is 874. The van der Waals surface area contributed by atoms with E-state index in [9.17, 15) is 9.59 Å². The van der Waals surface area contributed by atoms with Crippen molar-refractivity contribution in [3.8, 4) is 5.75 Å². The summed E-state index contributed by atoms with van der Waals surface area (Å²) in [6, 6.07) is 5.53. The number of carbonyl (C=O) groups is 2. The van der Waals surface area contributed by atoms with Gasteiger partial charge in [0.2, 0.25) is 5.60 Å². The standard InChI is InChI=1S/C23H34N2O6S/c1-21(2,3)29-19(26)23(7,31-25-20(27)30-22(4,5)6)17-12-10-14-13-15(18(24)32-8)9-11-16(14)28-17/h9,11,13,17,24H,10,12H2,1-8H3,(H,25,27)/t17-,23+/m1/s1. The minimum absolute atomic E-state index is 0.453. The zero-order valence-corrected chi connectivity index (χ0v) is 20.9. The zero-order chi connectivity index (χ0) is 24.3. The summed E-state index contributed by atoms with van der Waals surface area (Å²) in [7, 11) is 0. The van der Waals surface area contributed by atoms with Crippen LogP contribution in [0.1, 0.15) is 66.0 Å². The highest BCUT2D eigenvalue weighted by molar-refractivity contribution is 8.13. The van der Waals surface area contributed by atoms with Crippen LogP contribution in [0.2, 0.25) is 0 Å². The van der Waals surface area contributed by atoms with E-state index >= 15 is 0 Å². The molecule has 1 amide bonds. The fourth-order valence-corrected chi connectivity index (χ4v) is 3.46. The van der Waals surface area contributed by atoms with Crippen molar-refractivity contribution in [3.05, 3.63) is 29.3 Å². The quantitative estimate of drug-likeness (QED) is 0.282. The molecule has 1 heterocycles. The normalized spacial score (nSPS) is 17.9. The average molecular weight is 467 g/mol. The van der Waals surface area contributed by atoms with Crippen LogP contribution in [0.25, 0.3) is 0 Å². The number of amides is 1. The van der Waals surface area contributed by atoms with Crippen molar-refractivity contribution in [2.75, 3.05) is 6.26 Å². The van der Waals surface area contributed by atoms with Crippen molar-refractivity contribution >= 4 is 28.9 Å². The molecule has 32 heavy (non-hydrogen) atoms. The Balaban J connectivity index is 2.26. The Morgan fingerprint density at radius 1 is 1.09 bits per heavy atom. The first kappa shape index (κ1) is 26.0. The molecule has 0 aliphatic carbocycles. The van der Waals surface area contributed by atoms with Gasteiger partial charge in [0.15, 0.2) is 0 Å². The number of benzene rings is 1. The fourth-order valence-electron chi connectivity index (χ4n) is 3.10. The number of hydrogen-bond donors (Lipinski definition) is 2. The molecule has 1 aliphatic heterocycles. The van der Waals surface area contributed by atoms with Gasteiger partial charge < -0.3 is 14.2 Å². The van der Waals surface area contributed by atoms with Crippen molar-refractivity contribution in [1.29, 1.82) is 5.41 Å². The third-order valence-electron chi connectivity index (χ3n) is 4.64. The monoisotopic (exact) mass is 466 g/mol. The third kappa shape index (κ3) is 6.87. The van der Waals surface area contributed by atoms with Crippen LogP contribution in [-0.2, 0) is 25.5 Å². The van der Waals surface area contributed by atoms with Crippen LogP contribution in [0.15, 0.2) is 18.2 Å². The highest BCUT2D eigenvalue weighted by Gasteiger charge is 2.50. The van der Waals surface area contributed by atoms with Gasteiger partial charge in [-0.15, -0.1) is 11.8 Å². The molecule has 0 saturated heterocycles. The van der Waals surface area contributed by atoms with Crippen LogP contribution in [0.5, 0.6) is 5.75 Å². The van der Waals surface area contributed by atoms with Gasteiger partial charge in [-0.3, -0.25) is 5.41 Å². The van der Waals surface area contributed by atoms with E-state index in [4.69, 9.17) is 24.5 Å². The van der Waals surface area contributed by atoms with Crippen LogP contribution < -0.4 is 10.2 Å². The topological polar surface area (TPSA) is 107 Å². The molecule has 0 aromatic heterocycles. The predicted molar refractivity (Wildman–Crippen MR) is 124 cm³/mol. The molecule has 0 bridgehead atoms. The fraction of sp³-hybridized carbons (Fsp3) is 0.609. The lowest BCUT2D eigenvalue weighted by Gasteiger charge is -2.39. The lowest BCUT2D eigenvalue weighted by Crippen LogP contribution is -2.58. The van der Waals surface area contributed by atoms with Crippen molar-refractivity contribution in [1.82, 2.24) is 5.48 Å². The molecule has 0 unspecified atom stereocenters. The van der Waals surface area contributed by atoms with E-state index in [1.165, 1.54) is 18.7 Å². The lowest BCUT2D eigenvalue weighted by molar-refractivity contribution is -0.205. The Labute approximate surface area is 194 Å². The van der Waals surface area contributed by atoms with Gasteiger partial charge in [0, 0.05) is 5.56 Å². The first-order chi connectivity index (χ1) is 14.6. The Kier molecular flexibility index (Phi) is 7.88. The summed E-state index contributed by atoms with van der Waals surface area (Å²) in [5.41, 5.74) is 0.891. The minimum atomic E-state index is -1.62.